The van der Waals surface area contributed by atoms with Crippen LogP contribution in [0.5, 0.6) is 5.75 Å². The second-order valence-corrected chi connectivity index (χ2v) is 6.78. The van der Waals surface area contributed by atoms with E-state index >= 15 is 0 Å². The van der Waals surface area contributed by atoms with Gasteiger partial charge in [0.25, 0.3) is 0 Å². The molecule has 0 spiro atoms. The first-order chi connectivity index (χ1) is 12.9. The zero-order chi connectivity index (χ0) is 17.3. The Balaban J connectivity index is 1.58. The van der Waals surface area contributed by atoms with Gasteiger partial charge in [0.2, 0.25) is 0 Å². The lowest BCUT2D eigenvalue weighted by Gasteiger charge is -2.26. The number of hydrogen-bond donors (Lipinski definition) is 0. The maximum atomic E-state index is 6.34. The summed E-state index contributed by atoms with van der Waals surface area (Å²) in [7, 11) is 0. The molecular weight excluding hydrogens is 320 g/mol. The van der Waals surface area contributed by atoms with Gasteiger partial charge in [0.15, 0.2) is 11.9 Å². The molecule has 1 aliphatic heterocycles. The highest BCUT2D eigenvalue weighted by molar-refractivity contribution is 5.76. The number of imidazole rings is 1. The van der Waals surface area contributed by atoms with E-state index in [4.69, 9.17) is 9.72 Å². The molecule has 0 fully saturated rings. The van der Waals surface area contributed by atoms with Crippen LogP contribution >= 0.6 is 0 Å². The van der Waals surface area contributed by atoms with E-state index in [0.29, 0.717) is 0 Å². The molecule has 0 saturated heterocycles. The smallest absolute Gasteiger partial charge is 0.157 e. The number of ether oxygens (including phenoxy) is 1. The van der Waals surface area contributed by atoms with Gasteiger partial charge in [-0.05, 0) is 42.2 Å². The Morgan fingerprint density at radius 3 is 2.58 bits per heavy atom. The van der Waals surface area contributed by atoms with Crippen LogP contribution in [-0.2, 0) is 13.0 Å². The topological polar surface area (TPSA) is 27.1 Å². The van der Waals surface area contributed by atoms with Crippen molar-refractivity contribution in [1.29, 1.82) is 0 Å². The molecule has 3 aromatic carbocycles. The zero-order valence-electron chi connectivity index (χ0n) is 14.5. The molecular formula is C23H20N2O. The molecule has 5 rings (SSSR count). The van der Waals surface area contributed by atoms with Gasteiger partial charge in [0, 0.05) is 6.54 Å². The van der Waals surface area contributed by atoms with E-state index in [9.17, 15) is 0 Å². The van der Waals surface area contributed by atoms with Crippen molar-refractivity contribution in [1.82, 2.24) is 9.55 Å². The van der Waals surface area contributed by atoms with Crippen LogP contribution in [0.3, 0.4) is 0 Å². The molecule has 3 nitrogen and oxygen atoms in total. The van der Waals surface area contributed by atoms with Gasteiger partial charge in [0.05, 0.1) is 11.0 Å². The highest BCUT2D eigenvalue weighted by atomic mass is 16.5. The monoisotopic (exact) mass is 340 g/mol. The molecule has 0 saturated carbocycles. The fourth-order valence-electron chi connectivity index (χ4n) is 3.78. The number of rotatable bonds is 3. The van der Waals surface area contributed by atoms with Crippen LogP contribution in [0.2, 0.25) is 0 Å². The molecule has 4 aromatic rings. The molecule has 1 unspecified atom stereocenters. The summed E-state index contributed by atoms with van der Waals surface area (Å²) in [5.41, 5.74) is 4.75. The van der Waals surface area contributed by atoms with Crippen LogP contribution in [0.4, 0.5) is 0 Å². The van der Waals surface area contributed by atoms with E-state index in [0.717, 1.165) is 42.0 Å². The SMILES string of the molecule is c1ccc(Cn2c(C3CCc4ccccc4O3)nc3ccccc32)cc1. The minimum absolute atomic E-state index is 0.0130. The van der Waals surface area contributed by atoms with Crippen molar-refractivity contribution in [3.05, 3.63) is 95.8 Å². The van der Waals surface area contributed by atoms with Crippen LogP contribution in [0.25, 0.3) is 11.0 Å². The van der Waals surface area contributed by atoms with Crippen molar-refractivity contribution < 1.29 is 4.74 Å². The maximum Gasteiger partial charge on any atom is 0.157 e. The van der Waals surface area contributed by atoms with E-state index in [1.807, 2.05) is 12.1 Å². The van der Waals surface area contributed by atoms with E-state index in [1.165, 1.54) is 11.1 Å². The second kappa shape index (κ2) is 6.34. The number of fused-ring (bicyclic) bond motifs is 2. The molecule has 0 amide bonds. The number of para-hydroxylation sites is 3. The summed E-state index contributed by atoms with van der Waals surface area (Å²) >= 11 is 0. The molecule has 1 aliphatic rings. The van der Waals surface area contributed by atoms with Gasteiger partial charge in [-0.15, -0.1) is 0 Å². The fraction of sp³-hybridized carbons (Fsp3) is 0.174. The normalized spacial score (nSPS) is 16.2. The highest BCUT2D eigenvalue weighted by Crippen LogP contribution is 2.35. The number of hydrogen-bond acceptors (Lipinski definition) is 2. The summed E-state index contributed by atoms with van der Waals surface area (Å²) in [6.07, 6.45) is 1.96. The summed E-state index contributed by atoms with van der Waals surface area (Å²) in [5, 5.41) is 0. The summed E-state index contributed by atoms with van der Waals surface area (Å²) in [5.74, 6) is 2.01. The van der Waals surface area contributed by atoms with E-state index in [2.05, 4.69) is 71.3 Å². The largest absolute Gasteiger partial charge is 0.482 e. The van der Waals surface area contributed by atoms with Crippen molar-refractivity contribution in [2.24, 2.45) is 0 Å². The Hall–Kier alpha value is -3.07. The summed E-state index contributed by atoms with van der Waals surface area (Å²) in [4.78, 5) is 4.94. The molecule has 0 N–H and O–H groups in total. The lowest BCUT2D eigenvalue weighted by atomic mass is 10.0. The van der Waals surface area contributed by atoms with Gasteiger partial charge < -0.3 is 9.30 Å². The molecule has 0 bridgehead atoms. The third-order valence-electron chi connectivity index (χ3n) is 5.07. The first-order valence-corrected chi connectivity index (χ1v) is 9.12. The summed E-state index contributed by atoms with van der Waals surface area (Å²) in [6, 6.07) is 27.2. The Morgan fingerprint density at radius 2 is 1.65 bits per heavy atom. The van der Waals surface area contributed by atoms with Crippen LogP contribution in [-0.4, -0.2) is 9.55 Å². The lowest BCUT2D eigenvalue weighted by Crippen LogP contribution is -2.19. The van der Waals surface area contributed by atoms with Crippen LogP contribution < -0.4 is 4.74 Å². The number of nitrogens with zero attached hydrogens (tertiary/aromatic N) is 2. The van der Waals surface area contributed by atoms with Crippen molar-refractivity contribution >= 4 is 11.0 Å². The minimum atomic E-state index is -0.0130. The Labute approximate surface area is 152 Å². The van der Waals surface area contributed by atoms with E-state index in [-0.39, 0.29) is 6.10 Å². The second-order valence-electron chi connectivity index (χ2n) is 6.78. The summed E-state index contributed by atoms with van der Waals surface area (Å²) in [6.45, 7) is 0.804. The average molecular weight is 340 g/mol. The molecule has 2 heterocycles. The van der Waals surface area contributed by atoms with Gasteiger partial charge in [-0.1, -0.05) is 60.7 Å². The van der Waals surface area contributed by atoms with Crippen LogP contribution in [0.15, 0.2) is 78.9 Å². The van der Waals surface area contributed by atoms with Crippen LogP contribution in [0.1, 0.15) is 29.5 Å². The number of benzene rings is 3. The van der Waals surface area contributed by atoms with E-state index < -0.39 is 0 Å². The highest BCUT2D eigenvalue weighted by Gasteiger charge is 2.26. The Bertz CT molecular complexity index is 1050. The van der Waals surface area contributed by atoms with Crippen molar-refractivity contribution in [2.75, 3.05) is 0 Å². The maximum absolute atomic E-state index is 6.34. The third-order valence-corrected chi connectivity index (χ3v) is 5.07. The first kappa shape index (κ1) is 15.2. The number of aryl methyl sites for hydroxylation is 1. The standard InChI is InChI=1S/C23H20N2O/c1-2-8-17(9-3-1)16-25-20-12-6-5-11-19(20)24-23(25)22-15-14-18-10-4-7-13-21(18)26-22/h1-13,22H,14-16H2. The van der Waals surface area contributed by atoms with Gasteiger partial charge in [0.1, 0.15) is 5.75 Å². The molecule has 0 radical (unpaired) electrons. The van der Waals surface area contributed by atoms with Gasteiger partial charge >= 0.3 is 0 Å². The van der Waals surface area contributed by atoms with Crippen molar-refractivity contribution in [3.63, 3.8) is 0 Å². The predicted octanol–water partition coefficient (Wildman–Crippen LogP) is 5.15. The fourth-order valence-corrected chi connectivity index (χ4v) is 3.78. The van der Waals surface area contributed by atoms with Crippen LogP contribution in [0, 0.1) is 0 Å². The quantitative estimate of drug-likeness (QED) is 0.516. The molecule has 128 valence electrons. The summed E-state index contributed by atoms with van der Waals surface area (Å²) < 4.78 is 8.65. The van der Waals surface area contributed by atoms with Gasteiger partial charge in [-0.25, -0.2) is 4.98 Å². The Kier molecular flexibility index (Phi) is 3.71. The third kappa shape index (κ3) is 2.66. The average Bonchev–Trinajstić information content (AvgIpc) is 3.07. The molecule has 1 aromatic heterocycles. The Morgan fingerprint density at radius 1 is 0.885 bits per heavy atom. The van der Waals surface area contributed by atoms with Gasteiger partial charge in [-0.2, -0.15) is 0 Å². The van der Waals surface area contributed by atoms with Crippen molar-refractivity contribution in [3.8, 4) is 5.75 Å². The van der Waals surface area contributed by atoms with E-state index in [1.54, 1.807) is 0 Å². The molecule has 1 atom stereocenters. The molecule has 3 heteroatoms. The lowest BCUT2D eigenvalue weighted by molar-refractivity contribution is 0.164. The van der Waals surface area contributed by atoms with Crippen molar-refractivity contribution in [2.45, 2.75) is 25.5 Å². The molecule has 26 heavy (non-hydrogen) atoms. The number of aromatic nitrogens is 2. The molecule has 0 aliphatic carbocycles. The predicted molar refractivity (Wildman–Crippen MR) is 103 cm³/mol. The first-order valence-electron chi connectivity index (χ1n) is 9.12. The zero-order valence-corrected chi connectivity index (χ0v) is 14.5. The minimum Gasteiger partial charge on any atom is -0.482 e. The van der Waals surface area contributed by atoms with Gasteiger partial charge in [-0.3, -0.25) is 0 Å².